The maximum Gasteiger partial charge on any atom is 0.158 e. The Bertz CT molecular complexity index is 810. The predicted molar refractivity (Wildman–Crippen MR) is 102 cm³/mol. The largest absolute Gasteiger partial charge is 0.389 e. The number of hydrogen-bond acceptors (Lipinski definition) is 4. The van der Waals surface area contributed by atoms with Crippen LogP contribution < -0.4 is 0 Å². The highest BCUT2D eigenvalue weighted by Gasteiger charge is 2.20. The van der Waals surface area contributed by atoms with Gasteiger partial charge >= 0.3 is 0 Å². The van der Waals surface area contributed by atoms with Crippen LogP contribution in [0.3, 0.4) is 0 Å². The maximum atomic E-state index is 10.3. The topological polar surface area (TPSA) is 65.1 Å². The van der Waals surface area contributed by atoms with E-state index in [-0.39, 0.29) is 0 Å². The van der Waals surface area contributed by atoms with Gasteiger partial charge in [-0.2, -0.15) is 0 Å². The molecule has 0 fully saturated rings. The molecule has 3 rings (SSSR count). The van der Waals surface area contributed by atoms with Crippen molar-refractivity contribution in [2.75, 3.05) is 13.2 Å². The summed E-state index contributed by atoms with van der Waals surface area (Å²) in [5, 5.41) is 10.3. The molecule has 0 saturated heterocycles. The van der Waals surface area contributed by atoms with Crippen molar-refractivity contribution in [3.05, 3.63) is 49.1 Å². The molecule has 0 aliphatic rings. The van der Waals surface area contributed by atoms with E-state index in [4.69, 9.17) is 4.74 Å². The highest BCUT2D eigenvalue weighted by atomic mass is 16.5. The van der Waals surface area contributed by atoms with Crippen LogP contribution in [0.4, 0.5) is 0 Å². The maximum absolute atomic E-state index is 10.3. The van der Waals surface area contributed by atoms with Crippen molar-refractivity contribution in [1.82, 2.24) is 19.1 Å². The SMILES string of the molecule is CCCn1ccnc1-c1c(-c2ccccc2)ncn1C[C@H](O)COCC. The molecular formula is C20H26N4O2. The Kier molecular flexibility index (Phi) is 6.20. The average molecular weight is 354 g/mol. The Morgan fingerprint density at radius 3 is 2.65 bits per heavy atom. The predicted octanol–water partition coefficient (Wildman–Crippen LogP) is 3.22. The van der Waals surface area contributed by atoms with E-state index >= 15 is 0 Å². The lowest BCUT2D eigenvalue weighted by molar-refractivity contribution is 0.0337. The Labute approximate surface area is 154 Å². The molecule has 0 bridgehead atoms. The first-order valence-electron chi connectivity index (χ1n) is 9.12. The number of benzene rings is 1. The molecule has 1 aromatic carbocycles. The number of imidazole rings is 2. The lowest BCUT2D eigenvalue weighted by Crippen LogP contribution is -2.22. The fourth-order valence-electron chi connectivity index (χ4n) is 3.04. The molecule has 0 saturated carbocycles. The lowest BCUT2D eigenvalue weighted by atomic mass is 10.1. The third kappa shape index (κ3) is 4.03. The minimum Gasteiger partial charge on any atom is -0.389 e. The van der Waals surface area contributed by atoms with Crippen molar-refractivity contribution in [3.8, 4) is 22.8 Å². The second kappa shape index (κ2) is 8.78. The summed E-state index contributed by atoms with van der Waals surface area (Å²) in [5.41, 5.74) is 2.83. The zero-order chi connectivity index (χ0) is 18.4. The Morgan fingerprint density at radius 1 is 1.12 bits per heavy atom. The minimum atomic E-state index is -0.596. The van der Waals surface area contributed by atoms with Crippen LogP contribution in [0.5, 0.6) is 0 Å². The molecule has 0 spiro atoms. The molecule has 138 valence electrons. The van der Waals surface area contributed by atoms with Crippen molar-refractivity contribution in [1.29, 1.82) is 0 Å². The fraction of sp³-hybridized carbons (Fsp3) is 0.400. The van der Waals surface area contributed by atoms with Crippen LogP contribution in [0, 0.1) is 0 Å². The monoisotopic (exact) mass is 354 g/mol. The number of aliphatic hydroxyl groups is 1. The molecule has 1 N–H and O–H groups in total. The van der Waals surface area contributed by atoms with Gasteiger partial charge in [-0.3, -0.25) is 0 Å². The molecular weight excluding hydrogens is 328 g/mol. The van der Waals surface area contributed by atoms with Gasteiger partial charge in [-0.25, -0.2) is 9.97 Å². The molecule has 0 amide bonds. The van der Waals surface area contributed by atoms with Crippen molar-refractivity contribution in [2.45, 2.75) is 39.5 Å². The molecule has 0 aliphatic carbocycles. The minimum absolute atomic E-state index is 0.304. The number of aromatic nitrogens is 4. The molecule has 1 atom stereocenters. The first-order chi connectivity index (χ1) is 12.7. The molecule has 6 heteroatoms. The van der Waals surface area contributed by atoms with Gasteiger partial charge in [0.2, 0.25) is 0 Å². The molecule has 0 unspecified atom stereocenters. The van der Waals surface area contributed by atoms with Crippen LogP contribution in [0.25, 0.3) is 22.8 Å². The van der Waals surface area contributed by atoms with Crippen molar-refractivity contribution in [2.24, 2.45) is 0 Å². The summed E-state index contributed by atoms with van der Waals surface area (Å²) in [6.45, 7) is 6.25. The Hall–Kier alpha value is -2.44. The van der Waals surface area contributed by atoms with Crippen LogP contribution >= 0.6 is 0 Å². The summed E-state index contributed by atoms with van der Waals surface area (Å²) in [7, 11) is 0. The van der Waals surface area contributed by atoms with E-state index in [1.807, 2.05) is 54.2 Å². The molecule has 0 aliphatic heterocycles. The first kappa shape index (κ1) is 18.4. The van der Waals surface area contributed by atoms with Crippen molar-refractivity contribution >= 4 is 0 Å². The van der Waals surface area contributed by atoms with Gasteiger partial charge in [0.15, 0.2) is 5.82 Å². The highest BCUT2D eigenvalue weighted by molar-refractivity contribution is 5.75. The summed E-state index contributed by atoms with van der Waals surface area (Å²) in [6.07, 6.45) is 6.00. The third-order valence-electron chi connectivity index (χ3n) is 4.20. The van der Waals surface area contributed by atoms with E-state index in [0.29, 0.717) is 19.8 Å². The van der Waals surface area contributed by atoms with E-state index in [9.17, 15) is 5.11 Å². The highest BCUT2D eigenvalue weighted by Crippen LogP contribution is 2.30. The summed E-state index contributed by atoms with van der Waals surface area (Å²) in [5.74, 6) is 0.867. The van der Waals surface area contributed by atoms with Crippen molar-refractivity contribution in [3.63, 3.8) is 0 Å². The quantitative estimate of drug-likeness (QED) is 0.641. The number of nitrogens with zero attached hydrogens (tertiary/aromatic N) is 4. The van der Waals surface area contributed by atoms with Gasteiger partial charge in [-0.1, -0.05) is 37.3 Å². The van der Waals surface area contributed by atoms with E-state index in [1.165, 1.54) is 0 Å². The number of ether oxygens (including phenoxy) is 1. The van der Waals surface area contributed by atoms with Gasteiger partial charge in [-0.05, 0) is 13.3 Å². The zero-order valence-electron chi connectivity index (χ0n) is 15.4. The van der Waals surface area contributed by atoms with Gasteiger partial charge in [0.25, 0.3) is 0 Å². The summed E-state index contributed by atoms with van der Waals surface area (Å²) >= 11 is 0. The van der Waals surface area contributed by atoms with E-state index < -0.39 is 6.10 Å². The van der Waals surface area contributed by atoms with Crippen LogP contribution in [0.2, 0.25) is 0 Å². The van der Waals surface area contributed by atoms with Gasteiger partial charge < -0.3 is 19.0 Å². The number of rotatable bonds is 9. The van der Waals surface area contributed by atoms with Crippen molar-refractivity contribution < 1.29 is 9.84 Å². The van der Waals surface area contributed by atoms with E-state index in [2.05, 4.69) is 21.5 Å². The smallest absolute Gasteiger partial charge is 0.158 e. The number of hydrogen-bond donors (Lipinski definition) is 1. The number of aryl methyl sites for hydroxylation is 1. The molecule has 3 aromatic rings. The number of aliphatic hydroxyl groups excluding tert-OH is 1. The van der Waals surface area contributed by atoms with Gasteiger partial charge in [0.05, 0.1) is 31.3 Å². The fourth-order valence-corrected chi connectivity index (χ4v) is 3.04. The molecule has 26 heavy (non-hydrogen) atoms. The molecule has 6 nitrogen and oxygen atoms in total. The zero-order valence-corrected chi connectivity index (χ0v) is 15.4. The lowest BCUT2D eigenvalue weighted by Gasteiger charge is -2.15. The Balaban J connectivity index is 2.02. The van der Waals surface area contributed by atoms with Gasteiger partial charge in [0, 0.05) is 31.1 Å². The van der Waals surface area contributed by atoms with Crippen LogP contribution in [-0.4, -0.2) is 43.5 Å². The van der Waals surface area contributed by atoms with Crippen LogP contribution in [0.15, 0.2) is 49.1 Å². The second-order valence-corrected chi connectivity index (χ2v) is 6.22. The summed E-state index contributed by atoms with van der Waals surface area (Å²) in [4.78, 5) is 9.22. The Morgan fingerprint density at radius 2 is 1.92 bits per heavy atom. The van der Waals surface area contributed by atoms with E-state index in [0.717, 1.165) is 35.7 Å². The summed E-state index contributed by atoms with van der Waals surface area (Å²) in [6, 6.07) is 10.1. The normalized spacial score (nSPS) is 12.4. The first-order valence-corrected chi connectivity index (χ1v) is 9.12. The third-order valence-corrected chi connectivity index (χ3v) is 4.20. The van der Waals surface area contributed by atoms with Crippen LogP contribution in [0.1, 0.15) is 20.3 Å². The molecule has 0 radical (unpaired) electrons. The average Bonchev–Trinajstić information content (AvgIpc) is 3.27. The van der Waals surface area contributed by atoms with E-state index in [1.54, 1.807) is 6.33 Å². The summed E-state index contributed by atoms with van der Waals surface area (Å²) < 4.78 is 9.45. The van der Waals surface area contributed by atoms with Gasteiger partial charge in [0.1, 0.15) is 5.69 Å². The van der Waals surface area contributed by atoms with Gasteiger partial charge in [-0.15, -0.1) is 0 Å². The molecule has 2 heterocycles. The molecule has 2 aromatic heterocycles. The second-order valence-electron chi connectivity index (χ2n) is 6.22. The van der Waals surface area contributed by atoms with Crippen LogP contribution in [-0.2, 0) is 17.8 Å². The standard InChI is InChI=1S/C20H26N4O2/c1-3-11-23-12-10-21-20(23)19-18(16-8-6-5-7-9-16)22-15-24(19)13-17(25)14-26-4-2/h5-10,12,15,17,25H,3-4,11,13-14H2,1-2H3/t17-/m0/s1.